The van der Waals surface area contributed by atoms with Gasteiger partial charge < -0.3 is 5.73 Å². The lowest BCUT2D eigenvalue weighted by Gasteiger charge is -2.06. The van der Waals surface area contributed by atoms with Gasteiger partial charge >= 0.3 is 0 Å². The fourth-order valence-corrected chi connectivity index (χ4v) is 1.50. The Bertz CT molecular complexity index is 456. The van der Waals surface area contributed by atoms with Gasteiger partial charge in [0.2, 0.25) is 0 Å². The molecule has 1 aromatic rings. The molecule has 1 amide bonds. The van der Waals surface area contributed by atoms with E-state index in [0.29, 0.717) is 0 Å². The van der Waals surface area contributed by atoms with Gasteiger partial charge in [0.05, 0.1) is 11.1 Å². The van der Waals surface area contributed by atoms with Crippen LogP contribution in [0.15, 0.2) is 10.7 Å². The van der Waals surface area contributed by atoms with E-state index >= 15 is 0 Å². The number of carbonyl (C=O) groups excluding carboxylic acids is 1. The molecule has 0 spiro atoms. The molecule has 0 saturated carbocycles. The number of hydrogen-bond acceptors (Lipinski definition) is 3. The maximum absolute atomic E-state index is 12.4. The third-order valence-electron chi connectivity index (χ3n) is 1.62. The molecule has 0 radical (unpaired) electrons. The molecule has 0 aromatic carbocycles. The maximum atomic E-state index is 12.4. The highest BCUT2D eigenvalue weighted by atomic mass is 79.9. The van der Waals surface area contributed by atoms with Crippen LogP contribution in [0.4, 0.5) is 8.78 Å². The summed E-state index contributed by atoms with van der Waals surface area (Å²) in [5, 5.41) is 8.68. The number of aromatic nitrogens is 1. The Morgan fingerprint density at radius 3 is 2.67 bits per heavy atom. The number of pyridine rings is 1. The van der Waals surface area contributed by atoms with Gasteiger partial charge in [-0.1, -0.05) is 0 Å². The van der Waals surface area contributed by atoms with Crippen molar-refractivity contribution < 1.29 is 13.6 Å². The van der Waals surface area contributed by atoms with E-state index in [1.807, 2.05) is 0 Å². The average Bonchev–Trinajstić information content (AvgIpc) is 2.16. The van der Waals surface area contributed by atoms with Crippen LogP contribution in [0.5, 0.6) is 0 Å². The number of nitrogens with zero attached hydrogens (tertiary/aromatic N) is 2. The molecular weight excluding hydrogens is 272 g/mol. The summed E-state index contributed by atoms with van der Waals surface area (Å²) < 4.78 is 24.6. The quantitative estimate of drug-likeness (QED) is 0.893. The molecular formula is C8H4BrF2N3O. The molecule has 4 nitrogen and oxygen atoms in total. The second-order valence-electron chi connectivity index (χ2n) is 2.53. The lowest BCUT2D eigenvalue weighted by atomic mass is 10.1. The van der Waals surface area contributed by atoms with E-state index in [1.165, 1.54) is 0 Å². The number of halogens is 3. The van der Waals surface area contributed by atoms with Crippen molar-refractivity contribution in [3.63, 3.8) is 0 Å². The van der Waals surface area contributed by atoms with E-state index in [4.69, 9.17) is 11.0 Å². The Morgan fingerprint density at radius 1 is 1.67 bits per heavy atom. The Morgan fingerprint density at radius 2 is 2.27 bits per heavy atom. The first kappa shape index (κ1) is 11.5. The van der Waals surface area contributed by atoms with Gasteiger partial charge in [-0.25, -0.2) is 13.8 Å². The van der Waals surface area contributed by atoms with Crippen LogP contribution in [0.25, 0.3) is 0 Å². The highest BCUT2D eigenvalue weighted by Crippen LogP contribution is 2.30. The molecule has 0 aliphatic carbocycles. The number of hydrogen-bond donors (Lipinski definition) is 1. The summed E-state index contributed by atoms with van der Waals surface area (Å²) in [6.45, 7) is 0. The molecule has 0 aliphatic rings. The second-order valence-corrected chi connectivity index (χ2v) is 3.32. The van der Waals surface area contributed by atoms with E-state index < -0.39 is 17.9 Å². The summed E-state index contributed by atoms with van der Waals surface area (Å²) in [4.78, 5) is 14.2. The van der Waals surface area contributed by atoms with Crippen LogP contribution in [0.1, 0.15) is 28.0 Å². The van der Waals surface area contributed by atoms with E-state index in [2.05, 4.69) is 20.9 Å². The normalized spacial score (nSPS) is 10.1. The monoisotopic (exact) mass is 275 g/mol. The smallest absolute Gasteiger partial charge is 0.268 e. The van der Waals surface area contributed by atoms with Gasteiger partial charge in [-0.3, -0.25) is 4.79 Å². The maximum Gasteiger partial charge on any atom is 0.268 e. The van der Waals surface area contributed by atoms with Gasteiger partial charge in [-0.05, 0) is 15.9 Å². The van der Waals surface area contributed by atoms with Gasteiger partial charge in [-0.2, -0.15) is 5.26 Å². The van der Waals surface area contributed by atoms with E-state index in [-0.39, 0.29) is 15.7 Å². The molecule has 1 rings (SSSR count). The highest BCUT2D eigenvalue weighted by molar-refractivity contribution is 9.10. The molecule has 0 atom stereocenters. The van der Waals surface area contributed by atoms with Gasteiger partial charge in [0.15, 0.2) is 0 Å². The number of alkyl halides is 2. The largest absolute Gasteiger partial charge is 0.364 e. The van der Waals surface area contributed by atoms with Gasteiger partial charge in [0.1, 0.15) is 11.8 Å². The molecule has 0 fully saturated rings. The van der Waals surface area contributed by atoms with Crippen molar-refractivity contribution in [1.82, 2.24) is 4.98 Å². The van der Waals surface area contributed by atoms with E-state index in [0.717, 1.165) is 6.20 Å². The van der Waals surface area contributed by atoms with Crippen LogP contribution in [-0.4, -0.2) is 10.9 Å². The number of nitriles is 1. The average molecular weight is 276 g/mol. The molecule has 7 heteroatoms. The lowest BCUT2D eigenvalue weighted by molar-refractivity contribution is 0.0994. The van der Waals surface area contributed by atoms with Crippen molar-refractivity contribution >= 4 is 21.8 Å². The third-order valence-corrected chi connectivity index (χ3v) is 2.48. The molecule has 0 saturated heterocycles. The first-order valence-corrected chi connectivity index (χ1v) is 4.44. The van der Waals surface area contributed by atoms with Crippen molar-refractivity contribution in [3.8, 4) is 6.07 Å². The summed E-state index contributed by atoms with van der Waals surface area (Å²) in [6.07, 6.45) is -1.96. The molecule has 0 aliphatic heterocycles. The predicted octanol–water partition coefficient (Wildman–Crippen LogP) is 1.75. The molecule has 2 N–H and O–H groups in total. The number of amides is 1. The van der Waals surface area contributed by atoms with Crippen molar-refractivity contribution in [2.75, 3.05) is 0 Å². The number of nitrogens with two attached hydrogens (primary N) is 1. The van der Waals surface area contributed by atoms with Gasteiger partial charge in [-0.15, -0.1) is 0 Å². The molecule has 1 heterocycles. The minimum atomic E-state index is -2.78. The highest BCUT2D eigenvalue weighted by Gasteiger charge is 2.20. The predicted molar refractivity (Wildman–Crippen MR) is 50.1 cm³/mol. The number of carbonyl (C=O) groups is 1. The van der Waals surface area contributed by atoms with Crippen LogP contribution in [0, 0.1) is 11.3 Å². The van der Waals surface area contributed by atoms with Crippen LogP contribution in [-0.2, 0) is 0 Å². The summed E-state index contributed by atoms with van der Waals surface area (Å²) >= 11 is 2.81. The van der Waals surface area contributed by atoms with Crippen LogP contribution < -0.4 is 5.73 Å². The first-order chi connectivity index (χ1) is 6.99. The lowest BCUT2D eigenvalue weighted by Crippen LogP contribution is -2.16. The third kappa shape index (κ3) is 2.10. The Labute approximate surface area is 91.8 Å². The fraction of sp³-hybridized carbons (Fsp3) is 0.125. The molecule has 0 bridgehead atoms. The van der Waals surface area contributed by atoms with Crippen molar-refractivity contribution in [2.24, 2.45) is 5.73 Å². The van der Waals surface area contributed by atoms with Crippen molar-refractivity contribution in [1.29, 1.82) is 5.26 Å². The Hall–Kier alpha value is -1.55. The zero-order valence-electron chi connectivity index (χ0n) is 7.17. The SMILES string of the molecule is N#Cc1c(C(N)=O)ncc(C(F)F)c1Br. The van der Waals surface area contributed by atoms with Gasteiger partial charge in [0, 0.05) is 10.7 Å². The minimum absolute atomic E-state index is 0.149. The van der Waals surface area contributed by atoms with Crippen LogP contribution >= 0.6 is 15.9 Å². The number of rotatable bonds is 2. The summed E-state index contributed by atoms with van der Waals surface area (Å²) in [5.74, 6) is -0.937. The topological polar surface area (TPSA) is 79.8 Å². The second kappa shape index (κ2) is 4.31. The van der Waals surface area contributed by atoms with Crippen LogP contribution in [0.3, 0.4) is 0 Å². The van der Waals surface area contributed by atoms with E-state index in [1.54, 1.807) is 6.07 Å². The fourth-order valence-electron chi connectivity index (χ4n) is 0.945. The van der Waals surface area contributed by atoms with Crippen molar-refractivity contribution in [2.45, 2.75) is 6.43 Å². The first-order valence-electron chi connectivity index (χ1n) is 3.65. The Kier molecular flexibility index (Phi) is 3.31. The zero-order valence-corrected chi connectivity index (χ0v) is 8.75. The van der Waals surface area contributed by atoms with Crippen molar-refractivity contribution in [3.05, 3.63) is 27.5 Å². The molecule has 1 aromatic heterocycles. The zero-order chi connectivity index (χ0) is 11.6. The molecule has 0 unspecified atom stereocenters. The summed E-state index contributed by atoms with van der Waals surface area (Å²) in [6, 6.07) is 1.60. The summed E-state index contributed by atoms with van der Waals surface area (Å²) in [5.41, 5.74) is 3.87. The van der Waals surface area contributed by atoms with Crippen LogP contribution in [0.2, 0.25) is 0 Å². The molecule has 15 heavy (non-hydrogen) atoms. The molecule has 78 valence electrons. The Balaban J connectivity index is 3.48. The van der Waals surface area contributed by atoms with Gasteiger partial charge in [0.25, 0.3) is 12.3 Å². The minimum Gasteiger partial charge on any atom is -0.364 e. The summed E-state index contributed by atoms with van der Waals surface area (Å²) in [7, 11) is 0. The van der Waals surface area contributed by atoms with E-state index in [9.17, 15) is 13.6 Å². The standard InChI is InChI=1S/C8H4BrF2N3O/c9-5-3(1-12)6(8(13)15)14-2-4(5)7(10)11/h2,7H,(H2,13,15). The number of primary amides is 1.